The minimum absolute atomic E-state index is 0.0154. The van der Waals surface area contributed by atoms with Crippen molar-refractivity contribution in [1.82, 2.24) is 4.90 Å². The number of hydrogen-bond acceptors (Lipinski definition) is 3. The van der Waals surface area contributed by atoms with Crippen molar-refractivity contribution in [2.45, 2.75) is 26.7 Å². The SMILES string of the molecule is CC1(C)CCN(CC(=O)Nc2ccccc2C(N)=S)CC1. The fourth-order valence-electron chi connectivity index (χ4n) is 2.52. The first kappa shape index (κ1) is 15.9. The molecule has 5 heteroatoms. The van der Waals surface area contributed by atoms with Gasteiger partial charge in [0, 0.05) is 5.56 Å². The molecule has 0 spiro atoms. The van der Waals surface area contributed by atoms with Gasteiger partial charge in [-0.2, -0.15) is 0 Å². The molecule has 114 valence electrons. The average Bonchev–Trinajstić information content (AvgIpc) is 2.41. The van der Waals surface area contributed by atoms with E-state index in [-0.39, 0.29) is 5.91 Å². The van der Waals surface area contributed by atoms with Gasteiger partial charge in [0.05, 0.1) is 12.2 Å². The van der Waals surface area contributed by atoms with Gasteiger partial charge < -0.3 is 11.1 Å². The molecular weight excluding hydrogens is 282 g/mol. The smallest absolute Gasteiger partial charge is 0.238 e. The third kappa shape index (κ3) is 4.51. The molecule has 1 aliphatic heterocycles. The van der Waals surface area contributed by atoms with Crippen LogP contribution >= 0.6 is 12.2 Å². The summed E-state index contributed by atoms with van der Waals surface area (Å²) in [5.74, 6) is -0.0154. The van der Waals surface area contributed by atoms with Crippen LogP contribution in [0.1, 0.15) is 32.3 Å². The van der Waals surface area contributed by atoms with Gasteiger partial charge in [0.25, 0.3) is 0 Å². The lowest BCUT2D eigenvalue weighted by molar-refractivity contribution is -0.117. The van der Waals surface area contributed by atoms with Crippen LogP contribution in [0.3, 0.4) is 0 Å². The summed E-state index contributed by atoms with van der Waals surface area (Å²) in [6, 6.07) is 7.37. The van der Waals surface area contributed by atoms with E-state index < -0.39 is 0 Å². The van der Waals surface area contributed by atoms with Crippen LogP contribution in [-0.2, 0) is 4.79 Å². The number of rotatable bonds is 4. The summed E-state index contributed by atoms with van der Waals surface area (Å²) in [6.45, 7) is 6.92. The topological polar surface area (TPSA) is 58.4 Å². The zero-order valence-electron chi connectivity index (χ0n) is 12.7. The van der Waals surface area contributed by atoms with Gasteiger partial charge in [-0.1, -0.05) is 38.2 Å². The Balaban J connectivity index is 1.92. The van der Waals surface area contributed by atoms with Crippen LogP contribution in [-0.4, -0.2) is 35.4 Å². The number of nitrogens with one attached hydrogen (secondary N) is 1. The van der Waals surface area contributed by atoms with Gasteiger partial charge in [-0.25, -0.2) is 0 Å². The summed E-state index contributed by atoms with van der Waals surface area (Å²) in [5, 5.41) is 2.91. The zero-order chi connectivity index (χ0) is 15.5. The maximum atomic E-state index is 12.2. The maximum absolute atomic E-state index is 12.2. The summed E-state index contributed by atoms with van der Waals surface area (Å²) in [5.41, 5.74) is 7.46. The van der Waals surface area contributed by atoms with Gasteiger partial charge in [-0.05, 0) is 43.5 Å². The lowest BCUT2D eigenvalue weighted by Gasteiger charge is -2.36. The molecule has 1 amide bonds. The standard InChI is InChI=1S/C16H23N3OS/c1-16(2)7-9-19(10-8-16)11-14(20)18-13-6-4-3-5-12(13)15(17)21/h3-6H,7-11H2,1-2H3,(H2,17,21)(H,18,20). The number of carbonyl (C=O) groups is 1. The van der Waals surface area contributed by atoms with Crippen LogP contribution in [0, 0.1) is 5.41 Å². The number of anilines is 1. The second-order valence-corrected chi connectivity index (χ2v) is 6.84. The molecule has 0 radical (unpaired) electrons. The van der Waals surface area contributed by atoms with Gasteiger partial charge in [0.2, 0.25) is 5.91 Å². The predicted molar refractivity (Wildman–Crippen MR) is 90.4 cm³/mol. The fourth-order valence-corrected chi connectivity index (χ4v) is 2.69. The van der Waals surface area contributed by atoms with E-state index >= 15 is 0 Å². The van der Waals surface area contributed by atoms with Crippen LogP contribution in [0.15, 0.2) is 24.3 Å². The molecular formula is C16H23N3OS. The van der Waals surface area contributed by atoms with E-state index in [1.165, 1.54) is 0 Å². The Morgan fingerprint density at radius 1 is 1.33 bits per heavy atom. The van der Waals surface area contributed by atoms with Gasteiger partial charge >= 0.3 is 0 Å². The van der Waals surface area contributed by atoms with Gasteiger partial charge in [0.1, 0.15) is 4.99 Å². The Bertz CT molecular complexity index is 532. The molecule has 1 aliphatic rings. The third-order valence-corrected chi connectivity index (χ3v) is 4.26. The van der Waals surface area contributed by atoms with Crippen LogP contribution in [0.5, 0.6) is 0 Å². The lowest BCUT2D eigenvalue weighted by atomic mass is 9.83. The average molecular weight is 305 g/mol. The molecule has 1 fully saturated rings. The normalized spacial score (nSPS) is 18.2. The van der Waals surface area contributed by atoms with E-state index in [2.05, 4.69) is 24.1 Å². The second kappa shape index (κ2) is 6.54. The molecule has 1 aromatic rings. The Kier molecular flexibility index (Phi) is 4.96. The van der Waals surface area contributed by atoms with E-state index in [0.717, 1.165) is 25.9 Å². The Labute approximate surface area is 131 Å². The molecule has 0 unspecified atom stereocenters. The predicted octanol–water partition coefficient (Wildman–Crippen LogP) is 2.38. The maximum Gasteiger partial charge on any atom is 0.238 e. The second-order valence-electron chi connectivity index (χ2n) is 6.40. The van der Waals surface area contributed by atoms with Crippen molar-refractivity contribution >= 4 is 28.8 Å². The Morgan fingerprint density at radius 3 is 2.57 bits per heavy atom. The number of hydrogen-bond donors (Lipinski definition) is 2. The Hall–Kier alpha value is -1.46. The largest absolute Gasteiger partial charge is 0.389 e. The van der Waals surface area contributed by atoms with Crippen LogP contribution in [0.4, 0.5) is 5.69 Å². The zero-order valence-corrected chi connectivity index (χ0v) is 13.5. The van der Waals surface area contributed by atoms with E-state index in [1.807, 2.05) is 24.3 Å². The first-order chi connectivity index (χ1) is 9.87. The molecule has 3 N–H and O–H groups in total. The molecule has 1 heterocycles. The van der Waals surface area contributed by atoms with E-state index in [9.17, 15) is 4.79 Å². The monoisotopic (exact) mass is 305 g/mol. The molecule has 21 heavy (non-hydrogen) atoms. The lowest BCUT2D eigenvalue weighted by Crippen LogP contribution is -2.41. The van der Waals surface area contributed by atoms with Crippen LogP contribution in [0.25, 0.3) is 0 Å². The highest BCUT2D eigenvalue weighted by atomic mass is 32.1. The van der Waals surface area contributed by atoms with Gasteiger partial charge in [-0.3, -0.25) is 9.69 Å². The molecule has 4 nitrogen and oxygen atoms in total. The van der Waals surface area contributed by atoms with Crippen molar-refractivity contribution in [2.75, 3.05) is 25.0 Å². The molecule has 1 aromatic carbocycles. The molecule has 0 aromatic heterocycles. The summed E-state index contributed by atoms with van der Waals surface area (Å²) in [7, 11) is 0. The molecule has 0 atom stereocenters. The first-order valence-corrected chi connectivity index (χ1v) is 7.69. The van der Waals surface area contributed by atoms with Crippen molar-refractivity contribution < 1.29 is 4.79 Å². The summed E-state index contributed by atoms with van der Waals surface area (Å²) in [4.78, 5) is 14.7. The number of para-hydroxylation sites is 1. The van der Waals surface area contributed by atoms with E-state index in [1.54, 1.807) is 0 Å². The quantitative estimate of drug-likeness (QED) is 0.839. The third-order valence-electron chi connectivity index (χ3n) is 4.04. The number of benzene rings is 1. The number of carbonyl (C=O) groups excluding carboxylic acids is 1. The van der Waals surface area contributed by atoms with Gasteiger partial charge in [0.15, 0.2) is 0 Å². The van der Waals surface area contributed by atoms with E-state index in [4.69, 9.17) is 18.0 Å². The minimum Gasteiger partial charge on any atom is -0.389 e. The first-order valence-electron chi connectivity index (χ1n) is 7.28. The number of likely N-dealkylation sites (tertiary alicyclic amines) is 1. The number of piperidine rings is 1. The van der Waals surface area contributed by atoms with Crippen molar-refractivity contribution in [2.24, 2.45) is 11.1 Å². The number of nitrogens with two attached hydrogens (primary N) is 1. The fraction of sp³-hybridized carbons (Fsp3) is 0.500. The van der Waals surface area contributed by atoms with Crippen LogP contribution in [0.2, 0.25) is 0 Å². The highest BCUT2D eigenvalue weighted by molar-refractivity contribution is 7.80. The molecule has 1 saturated heterocycles. The highest BCUT2D eigenvalue weighted by Crippen LogP contribution is 2.29. The van der Waals surface area contributed by atoms with Crippen LogP contribution < -0.4 is 11.1 Å². The summed E-state index contributed by atoms with van der Waals surface area (Å²) >= 11 is 5.01. The van der Waals surface area contributed by atoms with Crippen molar-refractivity contribution in [3.05, 3.63) is 29.8 Å². The molecule has 0 aliphatic carbocycles. The minimum atomic E-state index is -0.0154. The van der Waals surface area contributed by atoms with Crippen molar-refractivity contribution in [3.63, 3.8) is 0 Å². The van der Waals surface area contributed by atoms with Crippen molar-refractivity contribution in [1.29, 1.82) is 0 Å². The number of thiocarbonyl (C=S) groups is 1. The molecule has 0 bridgehead atoms. The Morgan fingerprint density at radius 2 is 1.95 bits per heavy atom. The molecule has 0 saturated carbocycles. The summed E-state index contributed by atoms with van der Waals surface area (Å²) in [6.07, 6.45) is 2.26. The van der Waals surface area contributed by atoms with E-state index in [0.29, 0.717) is 28.2 Å². The van der Waals surface area contributed by atoms with Gasteiger partial charge in [-0.15, -0.1) is 0 Å². The number of amides is 1. The summed E-state index contributed by atoms with van der Waals surface area (Å²) < 4.78 is 0. The number of nitrogens with zero attached hydrogens (tertiary/aromatic N) is 1. The van der Waals surface area contributed by atoms with Crippen molar-refractivity contribution in [3.8, 4) is 0 Å². The molecule has 2 rings (SSSR count). The highest BCUT2D eigenvalue weighted by Gasteiger charge is 2.26.